The van der Waals surface area contributed by atoms with Crippen LogP contribution in [0.1, 0.15) is 17.0 Å². The van der Waals surface area contributed by atoms with Crippen LogP contribution in [0, 0.1) is 21.7 Å². The number of hydrogen-bond acceptors (Lipinski definition) is 4. The zero-order chi connectivity index (χ0) is 19.8. The Morgan fingerprint density at radius 1 is 0.964 bits per heavy atom. The van der Waals surface area contributed by atoms with Gasteiger partial charge in [-0.25, -0.2) is 4.39 Å². The van der Waals surface area contributed by atoms with Crippen molar-refractivity contribution in [3.8, 4) is 11.5 Å². The molecule has 1 N–H and O–H groups in total. The van der Waals surface area contributed by atoms with Crippen LogP contribution < -0.4 is 10.1 Å². The summed E-state index contributed by atoms with van der Waals surface area (Å²) in [4.78, 5) is 22.9. The van der Waals surface area contributed by atoms with Gasteiger partial charge in [0.15, 0.2) is 0 Å². The van der Waals surface area contributed by atoms with E-state index in [0.717, 1.165) is 0 Å². The number of nitrogens with zero attached hydrogens (tertiary/aromatic N) is 1. The Balaban J connectivity index is 1.76. The average molecular weight is 382 g/mol. The van der Waals surface area contributed by atoms with E-state index in [9.17, 15) is 23.7 Å². The fourth-order valence-corrected chi connectivity index (χ4v) is 3.17. The average Bonchev–Trinajstić information content (AvgIpc) is 2.67. The number of para-hydroxylation sites is 2. The van der Waals surface area contributed by atoms with E-state index in [1.807, 2.05) is 0 Å². The Morgan fingerprint density at radius 3 is 2.11 bits per heavy atom. The van der Waals surface area contributed by atoms with E-state index in [-0.39, 0.29) is 0 Å². The number of rotatable bonds is 3. The predicted molar refractivity (Wildman–Crippen MR) is 96.4 cm³/mol. The molecular weight excluding hydrogens is 370 g/mol. The Bertz CT molecular complexity index is 1070. The molecule has 0 saturated heterocycles. The van der Waals surface area contributed by atoms with E-state index < -0.39 is 39.8 Å². The number of hydrogen-bond donors (Lipinski definition) is 1. The van der Waals surface area contributed by atoms with Crippen LogP contribution in [0.2, 0.25) is 0 Å². The maximum absolute atomic E-state index is 14.1. The van der Waals surface area contributed by atoms with Gasteiger partial charge >= 0.3 is 5.69 Å². The van der Waals surface area contributed by atoms with Crippen molar-refractivity contribution in [2.24, 2.45) is 0 Å². The number of carbonyl (C=O) groups is 1. The zero-order valence-electron chi connectivity index (χ0n) is 14.2. The molecule has 1 aliphatic rings. The number of fused-ring (bicyclic) bond motifs is 2. The molecule has 3 aromatic carbocycles. The lowest BCUT2D eigenvalue weighted by atomic mass is 9.87. The lowest BCUT2D eigenvalue weighted by Gasteiger charge is -2.27. The van der Waals surface area contributed by atoms with Crippen molar-refractivity contribution in [3.63, 3.8) is 0 Å². The number of ether oxygens (including phenoxy) is 1. The number of carbonyl (C=O) groups excluding carboxylic acids is 1. The van der Waals surface area contributed by atoms with Crippen molar-refractivity contribution in [1.82, 2.24) is 0 Å². The van der Waals surface area contributed by atoms with Crippen LogP contribution in [-0.2, 0) is 4.79 Å². The monoisotopic (exact) mass is 382 g/mol. The number of halogens is 2. The quantitative estimate of drug-likeness (QED) is 0.524. The van der Waals surface area contributed by atoms with Gasteiger partial charge < -0.3 is 10.1 Å². The number of nitro groups is 1. The molecule has 1 heterocycles. The van der Waals surface area contributed by atoms with Gasteiger partial charge in [-0.15, -0.1) is 0 Å². The van der Waals surface area contributed by atoms with Crippen molar-refractivity contribution in [1.29, 1.82) is 0 Å². The van der Waals surface area contributed by atoms with Crippen molar-refractivity contribution < 1.29 is 23.2 Å². The van der Waals surface area contributed by atoms with Crippen LogP contribution in [0.25, 0.3) is 0 Å². The first-order chi connectivity index (χ1) is 13.5. The molecule has 0 bridgehead atoms. The Hall–Kier alpha value is -3.81. The first-order valence-corrected chi connectivity index (χ1v) is 8.25. The van der Waals surface area contributed by atoms with Crippen LogP contribution in [0.5, 0.6) is 11.5 Å². The fourth-order valence-electron chi connectivity index (χ4n) is 3.17. The van der Waals surface area contributed by atoms with Crippen molar-refractivity contribution in [2.75, 3.05) is 5.32 Å². The van der Waals surface area contributed by atoms with Gasteiger partial charge in [0, 0.05) is 23.3 Å². The molecule has 28 heavy (non-hydrogen) atoms. The Kier molecular flexibility index (Phi) is 4.23. The van der Waals surface area contributed by atoms with Gasteiger partial charge in [0.25, 0.3) is 0 Å². The van der Waals surface area contributed by atoms with Crippen LogP contribution in [0.3, 0.4) is 0 Å². The molecule has 0 aromatic heterocycles. The summed E-state index contributed by atoms with van der Waals surface area (Å²) < 4.78 is 33.5. The molecule has 0 fully saturated rings. The molecule has 1 amide bonds. The fraction of sp³-hybridized carbons (Fsp3) is 0.0500. The van der Waals surface area contributed by atoms with E-state index >= 15 is 0 Å². The molecule has 6 nitrogen and oxygen atoms in total. The molecule has 0 radical (unpaired) electrons. The standard InChI is InChI=1S/C20H12F2N2O4/c21-13-9-14(22)16(24(26)27)10-15(13)23-20(25)19-11-5-1-3-7-17(11)28-18-8-4-2-6-12(18)19/h1-10,19H,(H,23,25). The van der Waals surface area contributed by atoms with Crippen LogP contribution in [0.4, 0.5) is 20.2 Å². The van der Waals surface area contributed by atoms with Crippen LogP contribution >= 0.6 is 0 Å². The summed E-state index contributed by atoms with van der Waals surface area (Å²) in [5.74, 6) is -2.92. The molecule has 140 valence electrons. The topological polar surface area (TPSA) is 81.5 Å². The maximum atomic E-state index is 14.1. The molecule has 0 atom stereocenters. The summed E-state index contributed by atoms with van der Waals surface area (Å²) in [6, 6.07) is 14.8. The highest BCUT2D eigenvalue weighted by molar-refractivity contribution is 5.99. The van der Waals surface area contributed by atoms with Crippen molar-refractivity contribution in [2.45, 2.75) is 5.92 Å². The minimum Gasteiger partial charge on any atom is -0.457 e. The van der Waals surface area contributed by atoms with Gasteiger partial charge in [-0.2, -0.15) is 4.39 Å². The molecule has 1 aliphatic heterocycles. The minimum absolute atomic E-state index is 0.375. The number of benzene rings is 3. The van der Waals surface area contributed by atoms with Gasteiger partial charge in [-0.3, -0.25) is 14.9 Å². The second-order valence-electron chi connectivity index (χ2n) is 6.14. The normalized spacial score (nSPS) is 12.5. The predicted octanol–water partition coefficient (Wildman–Crippen LogP) is 4.75. The van der Waals surface area contributed by atoms with E-state index in [2.05, 4.69) is 5.32 Å². The highest BCUT2D eigenvalue weighted by Crippen LogP contribution is 2.44. The summed E-state index contributed by atoms with van der Waals surface area (Å²) in [6.45, 7) is 0. The number of nitrogens with one attached hydrogen (secondary N) is 1. The van der Waals surface area contributed by atoms with Gasteiger partial charge in [0.2, 0.25) is 11.7 Å². The lowest BCUT2D eigenvalue weighted by Crippen LogP contribution is -2.25. The first-order valence-electron chi connectivity index (χ1n) is 8.25. The zero-order valence-corrected chi connectivity index (χ0v) is 14.2. The number of anilines is 1. The van der Waals surface area contributed by atoms with Crippen molar-refractivity contribution >= 4 is 17.3 Å². The number of amides is 1. The molecule has 3 aromatic rings. The maximum Gasteiger partial charge on any atom is 0.307 e. The summed E-state index contributed by atoms with van der Waals surface area (Å²) in [6.07, 6.45) is 0. The Morgan fingerprint density at radius 2 is 1.54 bits per heavy atom. The van der Waals surface area contributed by atoms with Gasteiger partial charge in [0.1, 0.15) is 17.3 Å². The van der Waals surface area contributed by atoms with Gasteiger partial charge in [0.05, 0.1) is 16.5 Å². The molecular formula is C20H12F2N2O4. The van der Waals surface area contributed by atoms with E-state index in [0.29, 0.717) is 34.8 Å². The van der Waals surface area contributed by atoms with Crippen LogP contribution in [0.15, 0.2) is 60.7 Å². The molecule has 0 aliphatic carbocycles. The van der Waals surface area contributed by atoms with E-state index in [4.69, 9.17) is 4.74 Å². The summed E-state index contributed by atoms with van der Waals surface area (Å²) in [5, 5.41) is 13.3. The highest BCUT2D eigenvalue weighted by Gasteiger charge is 2.33. The second kappa shape index (κ2) is 6.73. The molecule has 8 heteroatoms. The SMILES string of the molecule is O=C(Nc1cc([N+](=O)[O-])c(F)cc1F)C1c2ccccc2Oc2ccccc21. The molecule has 0 saturated carbocycles. The van der Waals surface area contributed by atoms with Crippen molar-refractivity contribution in [3.05, 3.63) is 93.5 Å². The smallest absolute Gasteiger partial charge is 0.307 e. The van der Waals surface area contributed by atoms with E-state index in [1.165, 1.54) is 0 Å². The Labute approximate surface area is 157 Å². The molecule has 0 spiro atoms. The summed E-state index contributed by atoms with van der Waals surface area (Å²) >= 11 is 0. The molecule has 4 rings (SSSR count). The van der Waals surface area contributed by atoms with Crippen LogP contribution in [-0.4, -0.2) is 10.8 Å². The van der Waals surface area contributed by atoms with E-state index in [1.54, 1.807) is 48.5 Å². The second-order valence-corrected chi connectivity index (χ2v) is 6.14. The summed E-state index contributed by atoms with van der Waals surface area (Å²) in [5.41, 5.74) is -0.268. The third-order valence-corrected chi connectivity index (χ3v) is 4.43. The van der Waals surface area contributed by atoms with Gasteiger partial charge in [-0.05, 0) is 12.1 Å². The largest absolute Gasteiger partial charge is 0.457 e. The highest BCUT2D eigenvalue weighted by atomic mass is 19.1. The third kappa shape index (κ3) is 2.94. The number of nitro benzene ring substituents is 1. The van der Waals surface area contributed by atoms with Gasteiger partial charge in [-0.1, -0.05) is 36.4 Å². The third-order valence-electron chi connectivity index (χ3n) is 4.43. The molecule has 0 unspecified atom stereocenters. The summed E-state index contributed by atoms with van der Waals surface area (Å²) in [7, 11) is 0. The minimum atomic E-state index is -1.32. The first kappa shape index (κ1) is 17.6. The lowest BCUT2D eigenvalue weighted by molar-refractivity contribution is -0.387.